The van der Waals surface area contributed by atoms with E-state index in [1.807, 2.05) is 6.07 Å². The molecular weight excluding hydrogens is 168 g/mol. The fraction of sp³-hybridized carbons (Fsp3) is 0.222. The fourth-order valence-electron chi connectivity index (χ4n) is 1.00. The second-order valence-electron chi connectivity index (χ2n) is 3.02. The Labute approximate surface area is 75.8 Å². The van der Waals surface area contributed by atoms with Gasteiger partial charge < -0.3 is 15.9 Å². The molecule has 0 saturated carbocycles. The summed E-state index contributed by atoms with van der Waals surface area (Å²) in [5.74, 6) is -0.121. The van der Waals surface area contributed by atoms with Crippen molar-refractivity contribution in [2.45, 2.75) is 12.5 Å². The molecule has 4 heteroatoms. The molecule has 1 rings (SSSR count). The van der Waals surface area contributed by atoms with E-state index >= 15 is 0 Å². The molecule has 0 aliphatic heterocycles. The molecule has 0 spiro atoms. The number of phenolic OH excluding ortho intramolecular Hbond substituents is 2. The molecule has 68 valence electrons. The van der Waals surface area contributed by atoms with Gasteiger partial charge in [0, 0.05) is 5.56 Å². The van der Waals surface area contributed by atoms with Crippen LogP contribution in [0.3, 0.4) is 0 Å². The molecule has 0 heterocycles. The van der Waals surface area contributed by atoms with Crippen molar-refractivity contribution in [2.75, 3.05) is 0 Å². The zero-order valence-corrected chi connectivity index (χ0v) is 7.15. The summed E-state index contributed by atoms with van der Waals surface area (Å²) in [6.07, 6.45) is 0. The Morgan fingerprint density at radius 2 is 2.08 bits per heavy atom. The van der Waals surface area contributed by atoms with E-state index < -0.39 is 5.54 Å². The van der Waals surface area contributed by atoms with E-state index in [4.69, 9.17) is 16.1 Å². The second kappa shape index (κ2) is 2.96. The van der Waals surface area contributed by atoms with E-state index in [1.54, 1.807) is 0 Å². The normalized spacial score (nSPS) is 14.5. The maximum atomic E-state index is 9.36. The first-order chi connectivity index (χ1) is 5.97. The third-order valence-electron chi connectivity index (χ3n) is 1.77. The summed E-state index contributed by atoms with van der Waals surface area (Å²) in [6.45, 7) is 1.46. The Morgan fingerprint density at radius 3 is 2.62 bits per heavy atom. The van der Waals surface area contributed by atoms with Gasteiger partial charge in [0.2, 0.25) is 0 Å². The number of nitrogens with zero attached hydrogens (tertiary/aromatic N) is 1. The number of phenols is 2. The zero-order chi connectivity index (χ0) is 10.1. The zero-order valence-electron chi connectivity index (χ0n) is 7.15. The molecular formula is C9H10N2O2. The van der Waals surface area contributed by atoms with Gasteiger partial charge in [-0.1, -0.05) is 0 Å². The molecule has 0 radical (unpaired) electrons. The van der Waals surface area contributed by atoms with E-state index in [0.29, 0.717) is 0 Å². The molecule has 0 aromatic heterocycles. The molecule has 0 unspecified atom stereocenters. The lowest BCUT2D eigenvalue weighted by atomic mass is 9.94. The molecule has 13 heavy (non-hydrogen) atoms. The first-order valence-corrected chi connectivity index (χ1v) is 3.70. The summed E-state index contributed by atoms with van der Waals surface area (Å²) in [6, 6.07) is 5.73. The Kier molecular flexibility index (Phi) is 2.13. The highest BCUT2D eigenvalue weighted by molar-refractivity contribution is 5.45. The van der Waals surface area contributed by atoms with E-state index in [9.17, 15) is 5.11 Å². The summed E-state index contributed by atoms with van der Waals surface area (Å²) in [7, 11) is 0. The van der Waals surface area contributed by atoms with E-state index in [2.05, 4.69) is 0 Å². The lowest BCUT2D eigenvalue weighted by Gasteiger charge is -2.17. The third kappa shape index (κ3) is 1.71. The monoisotopic (exact) mass is 178 g/mol. The van der Waals surface area contributed by atoms with Crippen LogP contribution in [0.25, 0.3) is 0 Å². The molecule has 0 amide bonds. The van der Waals surface area contributed by atoms with E-state index in [-0.39, 0.29) is 17.1 Å². The van der Waals surface area contributed by atoms with Crippen LogP contribution in [0.15, 0.2) is 18.2 Å². The van der Waals surface area contributed by atoms with Crippen molar-refractivity contribution in [3.05, 3.63) is 23.8 Å². The number of hydrogen-bond acceptors (Lipinski definition) is 4. The molecule has 0 saturated heterocycles. The van der Waals surface area contributed by atoms with Crippen molar-refractivity contribution in [2.24, 2.45) is 5.73 Å². The van der Waals surface area contributed by atoms with Crippen molar-refractivity contribution < 1.29 is 10.2 Å². The lowest BCUT2D eigenvalue weighted by Crippen LogP contribution is -2.30. The Morgan fingerprint density at radius 1 is 1.46 bits per heavy atom. The molecule has 1 aromatic carbocycles. The van der Waals surface area contributed by atoms with Crippen LogP contribution in [0, 0.1) is 11.3 Å². The van der Waals surface area contributed by atoms with Crippen molar-refractivity contribution in [1.82, 2.24) is 0 Å². The number of aromatic hydroxyl groups is 2. The predicted molar refractivity (Wildman–Crippen MR) is 46.9 cm³/mol. The molecule has 0 aliphatic rings. The van der Waals surface area contributed by atoms with Gasteiger partial charge >= 0.3 is 0 Å². The number of rotatable bonds is 1. The maximum absolute atomic E-state index is 9.36. The first kappa shape index (κ1) is 9.36. The molecule has 0 fully saturated rings. The third-order valence-corrected chi connectivity index (χ3v) is 1.77. The van der Waals surface area contributed by atoms with Gasteiger partial charge in [0.15, 0.2) is 0 Å². The number of nitrogens with two attached hydrogens (primary N) is 1. The van der Waals surface area contributed by atoms with Gasteiger partial charge in [-0.2, -0.15) is 5.26 Å². The predicted octanol–water partition coefficient (Wildman–Crippen LogP) is 0.795. The topological polar surface area (TPSA) is 90.3 Å². The van der Waals surface area contributed by atoms with Crippen molar-refractivity contribution in [3.8, 4) is 17.6 Å². The van der Waals surface area contributed by atoms with Crippen LogP contribution in [-0.2, 0) is 5.54 Å². The van der Waals surface area contributed by atoms with Crippen LogP contribution in [0.5, 0.6) is 11.5 Å². The van der Waals surface area contributed by atoms with Gasteiger partial charge in [-0.25, -0.2) is 0 Å². The highest BCUT2D eigenvalue weighted by Gasteiger charge is 2.24. The van der Waals surface area contributed by atoms with Crippen molar-refractivity contribution in [3.63, 3.8) is 0 Å². The average Bonchev–Trinajstić information content (AvgIpc) is 2.09. The van der Waals surface area contributed by atoms with Crippen LogP contribution in [0.2, 0.25) is 0 Å². The number of benzene rings is 1. The van der Waals surface area contributed by atoms with Crippen LogP contribution in [0.4, 0.5) is 0 Å². The van der Waals surface area contributed by atoms with Gasteiger partial charge in [-0.15, -0.1) is 0 Å². The summed E-state index contributed by atoms with van der Waals surface area (Å²) >= 11 is 0. The standard InChI is InChI=1S/C9H10N2O2/c1-9(11,5-10)7-4-6(12)2-3-8(7)13/h2-4,12-13H,11H2,1H3/t9-/m1/s1. The highest BCUT2D eigenvalue weighted by Crippen LogP contribution is 2.29. The minimum atomic E-state index is -1.29. The molecule has 1 atom stereocenters. The molecule has 4 N–H and O–H groups in total. The van der Waals surface area contributed by atoms with Crippen LogP contribution < -0.4 is 5.73 Å². The van der Waals surface area contributed by atoms with E-state index in [0.717, 1.165) is 0 Å². The summed E-state index contributed by atoms with van der Waals surface area (Å²) in [4.78, 5) is 0. The number of hydrogen-bond donors (Lipinski definition) is 3. The van der Waals surface area contributed by atoms with Crippen LogP contribution >= 0.6 is 0 Å². The first-order valence-electron chi connectivity index (χ1n) is 3.70. The second-order valence-corrected chi connectivity index (χ2v) is 3.02. The minimum Gasteiger partial charge on any atom is -0.508 e. The van der Waals surface area contributed by atoms with Gasteiger partial charge in [0.05, 0.1) is 6.07 Å². The molecule has 0 bridgehead atoms. The van der Waals surface area contributed by atoms with Crippen LogP contribution in [0.1, 0.15) is 12.5 Å². The largest absolute Gasteiger partial charge is 0.508 e. The lowest BCUT2D eigenvalue weighted by molar-refractivity contribution is 0.441. The Hall–Kier alpha value is -1.73. The van der Waals surface area contributed by atoms with Gasteiger partial charge in [-0.05, 0) is 25.1 Å². The summed E-state index contributed by atoms with van der Waals surface area (Å²) in [5.41, 5.74) is 4.50. The minimum absolute atomic E-state index is 0.0280. The Balaban J connectivity index is 3.30. The smallest absolute Gasteiger partial charge is 0.130 e. The molecule has 0 aliphatic carbocycles. The highest BCUT2D eigenvalue weighted by atomic mass is 16.3. The summed E-state index contributed by atoms with van der Waals surface area (Å²) < 4.78 is 0. The van der Waals surface area contributed by atoms with Gasteiger partial charge in [-0.3, -0.25) is 0 Å². The maximum Gasteiger partial charge on any atom is 0.130 e. The van der Waals surface area contributed by atoms with Crippen molar-refractivity contribution in [1.29, 1.82) is 5.26 Å². The van der Waals surface area contributed by atoms with E-state index in [1.165, 1.54) is 25.1 Å². The quantitative estimate of drug-likeness (QED) is 0.554. The summed E-state index contributed by atoms with van der Waals surface area (Å²) in [5, 5.41) is 27.2. The number of nitriles is 1. The molecule has 1 aromatic rings. The average molecular weight is 178 g/mol. The fourth-order valence-corrected chi connectivity index (χ4v) is 1.00. The van der Waals surface area contributed by atoms with Crippen molar-refractivity contribution >= 4 is 0 Å². The Bertz CT molecular complexity index is 366. The van der Waals surface area contributed by atoms with Gasteiger partial charge in [0.25, 0.3) is 0 Å². The van der Waals surface area contributed by atoms with Gasteiger partial charge in [0.1, 0.15) is 17.0 Å². The SMILES string of the molecule is C[C@@](N)(C#N)c1cc(O)ccc1O. The van der Waals surface area contributed by atoms with Crippen LogP contribution in [-0.4, -0.2) is 10.2 Å². The molecule has 4 nitrogen and oxygen atoms in total.